The van der Waals surface area contributed by atoms with Crippen molar-refractivity contribution in [2.75, 3.05) is 22.9 Å². The van der Waals surface area contributed by atoms with Gasteiger partial charge < -0.3 is 4.90 Å². The summed E-state index contributed by atoms with van der Waals surface area (Å²) in [6, 6.07) is 8.43. The van der Waals surface area contributed by atoms with Crippen LogP contribution < -0.4 is 9.80 Å². The number of hydrogen-bond donors (Lipinski definition) is 2. The molecule has 9 heteroatoms. The quantitative estimate of drug-likeness (QED) is 0.616. The standard InChI is InChI=1S/C20H18N6OS2/c21-19-26(20-22-7-10-28-20)18(27)16(29-19)11-14-12-23-24-17(14)13-3-5-15(6-4-13)25-8-1-2-9-25/h3-7,10-12,21H,1-2,8-9H2,(H,23,24)/b16-11-,21-19?. The number of amides is 1. The maximum Gasteiger partial charge on any atom is 0.273 e. The lowest BCUT2D eigenvalue weighted by atomic mass is 10.1. The average Bonchev–Trinajstić information content (AvgIpc) is 3.51. The molecule has 0 atom stereocenters. The predicted molar refractivity (Wildman–Crippen MR) is 118 cm³/mol. The third kappa shape index (κ3) is 3.36. The Balaban J connectivity index is 1.42. The van der Waals surface area contributed by atoms with E-state index in [2.05, 4.69) is 44.3 Å². The monoisotopic (exact) mass is 422 g/mol. The van der Waals surface area contributed by atoms with Crippen molar-refractivity contribution < 1.29 is 4.79 Å². The number of benzene rings is 1. The molecule has 146 valence electrons. The lowest BCUT2D eigenvalue weighted by Crippen LogP contribution is -2.27. The molecule has 0 saturated carbocycles. The molecule has 0 unspecified atom stereocenters. The van der Waals surface area contributed by atoms with Gasteiger partial charge in [0, 0.05) is 41.5 Å². The first kappa shape index (κ1) is 18.1. The van der Waals surface area contributed by atoms with Gasteiger partial charge in [0.25, 0.3) is 5.91 Å². The Labute approximate surface area is 176 Å². The molecule has 0 aliphatic carbocycles. The normalized spacial score (nSPS) is 18.4. The first-order valence-corrected chi connectivity index (χ1v) is 11.0. The number of aromatic nitrogens is 3. The molecule has 2 saturated heterocycles. The van der Waals surface area contributed by atoms with Crippen molar-refractivity contribution in [2.45, 2.75) is 12.8 Å². The van der Waals surface area contributed by atoms with Gasteiger partial charge in [-0.25, -0.2) is 9.88 Å². The molecule has 7 nitrogen and oxygen atoms in total. The van der Waals surface area contributed by atoms with Crippen molar-refractivity contribution in [3.05, 3.63) is 52.5 Å². The van der Waals surface area contributed by atoms with Crippen molar-refractivity contribution in [3.63, 3.8) is 0 Å². The summed E-state index contributed by atoms with van der Waals surface area (Å²) in [6.07, 6.45) is 7.63. The molecular weight excluding hydrogens is 404 g/mol. The highest BCUT2D eigenvalue weighted by Crippen LogP contribution is 2.37. The largest absolute Gasteiger partial charge is 0.372 e. The predicted octanol–water partition coefficient (Wildman–Crippen LogP) is 4.19. The van der Waals surface area contributed by atoms with E-state index in [-0.39, 0.29) is 11.1 Å². The van der Waals surface area contributed by atoms with Crippen LogP contribution in [0, 0.1) is 5.41 Å². The second-order valence-electron chi connectivity index (χ2n) is 6.81. The van der Waals surface area contributed by atoms with Gasteiger partial charge >= 0.3 is 0 Å². The fraction of sp³-hybridized carbons (Fsp3) is 0.200. The molecular formula is C20H18N6OS2. The van der Waals surface area contributed by atoms with Gasteiger partial charge in [-0.2, -0.15) is 5.10 Å². The highest BCUT2D eigenvalue weighted by atomic mass is 32.2. The summed E-state index contributed by atoms with van der Waals surface area (Å²) in [5.41, 5.74) is 3.93. The Morgan fingerprint density at radius 3 is 2.69 bits per heavy atom. The van der Waals surface area contributed by atoms with Crippen LogP contribution in [0.25, 0.3) is 17.3 Å². The molecule has 5 rings (SSSR count). The molecule has 4 heterocycles. The number of anilines is 2. The van der Waals surface area contributed by atoms with Crippen LogP contribution in [0.4, 0.5) is 10.8 Å². The summed E-state index contributed by atoms with van der Waals surface area (Å²) in [7, 11) is 0. The smallest absolute Gasteiger partial charge is 0.273 e. The number of aromatic amines is 1. The molecule has 0 bridgehead atoms. The highest BCUT2D eigenvalue weighted by Gasteiger charge is 2.35. The molecule has 2 N–H and O–H groups in total. The number of carbonyl (C=O) groups is 1. The number of nitrogens with zero attached hydrogens (tertiary/aromatic N) is 4. The van der Waals surface area contributed by atoms with Gasteiger partial charge in [0.15, 0.2) is 10.3 Å². The Hall–Kier alpha value is -2.91. The van der Waals surface area contributed by atoms with Crippen molar-refractivity contribution in [1.29, 1.82) is 5.41 Å². The van der Waals surface area contributed by atoms with Crippen molar-refractivity contribution in [2.24, 2.45) is 0 Å². The van der Waals surface area contributed by atoms with Gasteiger partial charge in [0.1, 0.15) is 0 Å². The minimum absolute atomic E-state index is 0.163. The third-order valence-corrected chi connectivity index (χ3v) is 6.66. The van der Waals surface area contributed by atoms with E-state index in [1.807, 2.05) is 0 Å². The molecule has 2 aromatic heterocycles. The molecule has 2 aliphatic rings. The van der Waals surface area contributed by atoms with Crippen LogP contribution in [0.1, 0.15) is 18.4 Å². The number of amidine groups is 1. The van der Waals surface area contributed by atoms with Gasteiger partial charge in [-0.3, -0.25) is 15.3 Å². The van der Waals surface area contributed by atoms with E-state index in [1.165, 1.54) is 34.8 Å². The second kappa shape index (κ2) is 7.49. The van der Waals surface area contributed by atoms with Crippen molar-refractivity contribution in [1.82, 2.24) is 15.2 Å². The first-order valence-electron chi connectivity index (χ1n) is 9.31. The lowest BCUT2D eigenvalue weighted by molar-refractivity contribution is -0.113. The van der Waals surface area contributed by atoms with Crippen LogP contribution in [0.5, 0.6) is 0 Å². The van der Waals surface area contributed by atoms with Gasteiger partial charge in [0.2, 0.25) is 0 Å². The van der Waals surface area contributed by atoms with Crippen molar-refractivity contribution >= 4 is 51.1 Å². The van der Waals surface area contributed by atoms with Crippen LogP contribution in [0.2, 0.25) is 0 Å². The maximum absolute atomic E-state index is 12.8. The number of nitrogens with one attached hydrogen (secondary N) is 2. The van der Waals surface area contributed by atoms with E-state index < -0.39 is 0 Å². The SMILES string of the molecule is N=C1S/C(=C\c2cn[nH]c2-c2ccc(N3CCCC3)cc2)C(=O)N1c1nccs1. The maximum atomic E-state index is 12.8. The molecule has 2 fully saturated rings. The Morgan fingerprint density at radius 2 is 1.97 bits per heavy atom. The van der Waals surface area contributed by atoms with Gasteiger partial charge in [-0.05, 0) is 42.8 Å². The fourth-order valence-electron chi connectivity index (χ4n) is 3.58. The summed E-state index contributed by atoms with van der Waals surface area (Å²) in [5, 5.41) is 17.9. The highest BCUT2D eigenvalue weighted by molar-refractivity contribution is 8.19. The van der Waals surface area contributed by atoms with E-state index in [0.29, 0.717) is 10.0 Å². The molecule has 2 aliphatic heterocycles. The third-order valence-electron chi connectivity index (χ3n) is 5.02. The minimum Gasteiger partial charge on any atom is -0.372 e. The van der Waals surface area contributed by atoms with E-state index >= 15 is 0 Å². The van der Waals surface area contributed by atoms with E-state index in [9.17, 15) is 4.79 Å². The molecule has 0 spiro atoms. The summed E-state index contributed by atoms with van der Waals surface area (Å²) >= 11 is 2.48. The van der Waals surface area contributed by atoms with Crippen LogP contribution in [-0.4, -0.2) is 39.3 Å². The number of thiazole rings is 1. The zero-order chi connectivity index (χ0) is 19.8. The van der Waals surface area contributed by atoms with Gasteiger partial charge in [-0.15, -0.1) is 11.3 Å². The molecule has 29 heavy (non-hydrogen) atoms. The molecule has 1 amide bonds. The number of thioether (sulfide) groups is 1. The molecule has 1 aromatic carbocycles. The fourth-order valence-corrected chi connectivity index (χ4v) is 5.11. The van der Waals surface area contributed by atoms with E-state index in [0.717, 1.165) is 41.7 Å². The topological polar surface area (TPSA) is 89.0 Å². The van der Waals surface area contributed by atoms with Crippen LogP contribution in [0.15, 0.2) is 46.9 Å². The first-order chi connectivity index (χ1) is 14.2. The summed E-state index contributed by atoms with van der Waals surface area (Å²) in [6.45, 7) is 2.23. The van der Waals surface area contributed by atoms with E-state index in [4.69, 9.17) is 5.41 Å². The molecule has 3 aromatic rings. The summed E-state index contributed by atoms with van der Waals surface area (Å²) in [5.74, 6) is -0.230. The van der Waals surface area contributed by atoms with Gasteiger partial charge in [0.05, 0.1) is 16.8 Å². The Kier molecular flexibility index (Phi) is 4.69. The minimum atomic E-state index is -0.230. The van der Waals surface area contributed by atoms with Gasteiger partial charge in [-0.1, -0.05) is 12.1 Å². The number of hydrogen-bond acceptors (Lipinski definition) is 7. The lowest BCUT2D eigenvalue weighted by Gasteiger charge is -2.17. The second-order valence-corrected chi connectivity index (χ2v) is 8.72. The number of carbonyl (C=O) groups excluding carboxylic acids is 1. The molecule has 0 radical (unpaired) electrons. The van der Waals surface area contributed by atoms with E-state index in [1.54, 1.807) is 23.8 Å². The Bertz CT molecular complexity index is 1080. The summed E-state index contributed by atoms with van der Waals surface area (Å²) < 4.78 is 0. The number of H-pyrrole nitrogens is 1. The van der Waals surface area contributed by atoms with Crippen molar-refractivity contribution in [3.8, 4) is 11.3 Å². The Morgan fingerprint density at radius 1 is 1.17 bits per heavy atom. The zero-order valence-electron chi connectivity index (χ0n) is 15.5. The number of rotatable bonds is 4. The zero-order valence-corrected chi connectivity index (χ0v) is 17.1. The van der Waals surface area contributed by atoms with Crippen LogP contribution in [0.3, 0.4) is 0 Å². The van der Waals surface area contributed by atoms with Crippen LogP contribution >= 0.6 is 23.1 Å². The van der Waals surface area contributed by atoms with Crippen LogP contribution in [-0.2, 0) is 4.79 Å². The summed E-state index contributed by atoms with van der Waals surface area (Å²) in [4.78, 5) is 21.2. The average molecular weight is 423 g/mol.